The quantitative estimate of drug-likeness (QED) is 0.845. The Kier molecular flexibility index (Phi) is 4.36. The molecule has 0 bridgehead atoms. The lowest BCUT2D eigenvalue weighted by Gasteiger charge is -2.19. The number of hydrogen-bond donors (Lipinski definition) is 0. The summed E-state index contributed by atoms with van der Waals surface area (Å²) in [7, 11) is 3.79. The molecule has 0 N–H and O–H groups in total. The van der Waals surface area contributed by atoms with E-state index in [4.69, 9.17) is 4.74 Å². The fourth-order valence-electron chi connectivity index (χ4n) is 2.55. The third kappa shape index (κ3) is 3.39. The number of pyridine rings is 1. The third-order valence-corrected chi connectivity index (χ3v) is 3.71. The SMILES string of the molecule is CN(C)c1nccnc1OC1CCN(C(=O)c2ccncc2)C1. The first-order chi connectivity index (χ1) is 11.1. The second-order valence-corrected chi connectivity index (χ2v) is 5.60. The number of carbonyl (C=O) groups excluding carboxylic acids is 1. The second kappa shape index (κ2) is 6.60. The zero-order chi connectivity index (χ0) is 16.2. The van der Waals surface area contributed by atoms with Crippen LogP contribution in [-0.4, -0.2) is 59.0 Å². The number of likely N-dealkylation sites (tertiary alicyclic amines) is 1. The van der Waals surface area contributed by atoms with Crippen molar-refractivity contribution in [1.29, 1.82) is 0 Å². The van der Waals surface area contributed by atoms with Crippen LogP contribution in [0.3, 0.4) is 0 Å². The lowest BCUT2D eigenvalue weighted by molar-refractivity contribution is 0.0771. The molecule has 7 heteroatoms. The van der Waals surface area contributed by atoms with Crippen LogP contribution in [-0.2, 0) is 0 Å². The van der Waals surface area contributed by atoms with Crippen LogP contribution in [0.2, 0.25) is 0 Å². The molecule has 1 amide bonds. The van der Waals surface area contributed by atoms with Crippen molar-refractivity contribution >= 4 is 11.7 Å². The van der Waals surface area contributed by atoms with Crippen LogP contribution in [0, 0.1) is 0 Å². The molecule has 1 fully saturated rings. The highest BCUT2D eigenvalue weighted by Crippen LogP contribution is 2.24. The summed E-state index contributed by atoms with van der Waals surface area (Å²) in [6, 6.07) is 3.45. The van der Waals surface area contributed by atoms with Crippen molar-refractivity contribution in [3.63, 3.8) is 0 Å². The Hall–Kier alpha value is -2.70. The minimum Gasteiger partial charge on any atom is -0.470 e. The van der Waals surface area contributed by atoms with E-state index in [1.807, 2.05) is 19.0 Å². The molecule has 1 aliphatic heterocycles. The Balaban J connectivity index is 1.66. The summed E-state index contributed by atoms with van der Waals surface area (Å²) in [6.07, 6.45) is 7.20. The number of anilines is 1. The first-order valence-corrected chi connectivity index (χ1v) is 7.49. The summed E-state index contributed by atoms with van der Waals surface area (Å²) in [5, 5.41) is 0. The van der Waals surface area contributed by atoms with Gasteiger partial charge in [0.2, 0.25) is 0 Å². The standard InChI is InChI=1S/C16H19N5O2/c1-20(2)14-15(19-9-8-18-14)23-13-5-10-21(11-13)16(22)12-3-6-17-7-4-12/h3-4,6-9,13H,5,10-11H2,1-2H3. The first-order valence-electron chi connectivity index (χ1n) is 7.49. The van der Waals surface area contributed by atoms with Crippen LogP contribution in [0.5, 0.6) is 5.88 Å². The maximum absolute atomic E-state index is 12.4. The lowest BCUT2D eigenvalue weighted by atomic mass is 10.2. The van der Waals surface area contributed by atoms with Crippen molar-refractivity contribution in [3.8, 4) is 5.88 Å². The van der Waals surface area contributed by atoms with Crippen molar-refractivity contribution in [1.82, 2.24) is 19.9 Å². The molecule has 3 rings (SSSR count). The van der Waals surface area contributed by atoms with E-state index in [0.29, 0.717) is 30.4 Å². The van der Waals surface area contributed by atoms with Crippen LogP contribution < -0.4 is 9.64 Å². The van der Waals surface area contributed by atoms with Gasteiger partial charge in [-0.25, -0.2) is 9.97 Å². The minimum absolute atomic E-state index is 0.00507. The molecule has 2 aromatic heterocycles. The van der Waals surface area contributed by atoms with E-state index >= 15 is 0 Å². The molecular formula is C16H19N5O2. The molecule has 23 heavy (non-hydrogen) atoms. The van der Waals surface area contributed by atoms with E-state index in [2.05, 4.69) is 15.0 Å². The number of carbonyl (C=O) groups is 1. The van der Waals surface area contributed by atoms with Gasteiger partial charge in [0.1, 0.15) is 6.10 Å². The second-order valence-electron chi connectivity index (χ2n) is 5.60. The minimum atomic E-state index is -0.0730. The summed E-state index contributed by atoms with van der Waals surface area (Å²) in [5.74, 6) is 1.19. The fourth-order valence-corrected chi connectivity index (χ4v) is 2.55. The lowest BCUT2D eigenvalue weighted by Crippen LogP contribution is -2.31. The molecule has 0 saturated carbocycles. The van der Waals surface area contributed by atoms with Gasteiger partial charge in [0.05, 0.1) is 6.54 Å². The number of hydrogen-bond acceptors (Lipinski definition) is 6. The number of aromatic nitrogens is 3. The Labute approximate surface area is 134 Å². The van der Waals surface area contributed by atoms with Gasteiger partial charge < -0.3 is 14.5 Å². The van der Waals surface area contributed by atoms with Gasteiger partial charge in [-0.05, 0) is 12.1 Å². The van der Waals surface area contributed by atoms with Gasteiger partial charge in [-0.15, -0.1) is 0 Å². The Morgan fingerprint density at radius 3 is 2.70 bits per heavy atom. The summed E-state index contributed by atoms with van der Waals surface area (Å²) in [5.41, 5.74) is 0.647. The average molecular weight is 313 g/mol. The monoisotopic (exact) mass is 313 g/mol. The van der Waals surface area contributed by atoms with E-state index in [1.165, 1.54) is 0 Å². The van der Waals surface area contributed by atoms with Gasteiger partial charge in [0, 0.05) is 57.4 Å². The van der Waals surface area contributed by atoms with Gasteiger partial charge in [-0.2, -0.15) is 0 Å². The van der Waals surface area contributed by atoms with Crippen molar-refractivity contribution in [2.75, 3.05) is 32.1 Å². The molecule has 1 saturated heterocycles. The Bertz CT molecular complexity index is 677. The summed E-state index contributed by atoms with van der Waals surface area (Å²) in [6.45, 7) is 1.22. The van der Waals surface area contributed by atoms with Crippen LogP contribution in [0.15, 0.2) is 36.9 Å². The van der Waals surface area contributed by atoms with Crippen molar-refractivity contribution < 1.29 is 9.53 Å². The molecule has 2 aromatic rings. The molecule has 0 spiro atoms. The fraction of sp³-hybridized carbons (Fsp3) is 0.375. The number of nitrogens with zero attached hydrogens (tertiary/aromatic N) is 5. The molecule has 3 heterocycles. The van der Waals surface area contributed by atoms with Crippen molar-refractivity contribution in [2.45, 2.75) is 12.5 Å². The van der Waals surface area contributed by atoms with Crippen molar-refractivity contribution in [2.24, 2.45) is 0 Å². The third-order valence-electron chi connectivity index (χ3n) is 3.71. The smallest absolute Gasteiger partial charge is 0.257 e. The normalized spacial score (nSPS) is 17.1. The number of ether oxygens (including phenoxy) is 1. The maximum Gasteiger partial charge on any atom is 0.257 e. The zero-order valence-corrected chi connectivity index (χ0v) is 13.2. The largest absolute Gasteiger partial charge is 0.470 e. The Morgan fingerprint density at radius 1 is 1.22 bits per heavy atom. The highest BCUT2D eigenvalue weighted by atomic mass is 16.5. The Morgan fingerprint density at radius 2 is 1.96 bits per heavy atom. The predicted octanol–water partition coefficient (Wildman–Crippen LogP) is 1.23. The first kappa shape index (κ1) is 15.2. The average Bonchev–Trinajstić information content (AvgIpc) is 3.04. The summed E-state index contributed by atoms with van der Waals surface area (Å²) in [4.78, 5) is 28.5. The van der Waals surface area contributed by atoms with E-state index in [-0.39, 0.29) is 12.0 Å². The molecule has 7 nitrogen and oxygen atoms in total. The maximum atomic E-state index is 12.4. The molecule has 0 radical (unpaired) electrons. The summed E-state index contributed by atoms with van der Waals surface area (Å²) >= 11 is 0. The molecular weight excluding hydrogens is 294 g/mol. The predicted molar refractivity (Wildman–Crippen MR) is 85.5 cm³/mol. The molecule has 120 valence electrons. The molecule has 1 atom stereocenters. The molecule has 0 aliphatic carbocycles. The zero-order valence-electron chi connectivity index (χ0n) is 13.2. The van der Waals surface area contributed by atoms with Crippen LogP contribution in [0.25, 0.3) is 0 Å². The van der Waals surface area contributed by atoms with Gasteiger partial charge >= 0.3 is 0 Å². The summed E-state index contributed by atoms with van der Waals surface area (Å²) < 4.78 is 5.96. The molecule has 1 aliphatic rings. The topological polar surface area (TPSA) is 71.5 Å². The van der Waals surface area contributed by atoms with Crippen molar-refractivity contribution in [3.05, 3.63) is 42.5 Å². The van der Waals surface area contributed by atoms with E-state index in [0.717, 1.165) is 6.42 Å². The number of amides is 1. The van der Waals surface area contributed by atoms with Crippen LogP contribution >= 0.6 is 0 Å². The number of rotatable bonds is 4. The van der Waals surface area contributed by atoms with E-state index < -0.39 is 0 Å². The highest BCUT2D eigenvalue weighted by molar-refractivity contribution is 5.94. The highest BCUT2D eigenvalue weighted by Gasteiger charge is 2.29. The van der Waals surface area contributed by atoms with Crippen LogP contribution in [0.1, 0.15) is 16.8 Å². The molecule has 0 aromatic carbocycles. The van der Waals surface area contributed by atoms with Gasteiger partial charge in [-0.3, -0.25) is 9.78 Å². The van der Waals surface area contributed by atoms with Gasteiger partial charge in [0.25, 0.3) is 11.8 Å². The molecule has 1 unspecified atom stereocenters. The van der Waals surface area contributed by atoms with Crippen LogP contribution in [0.4, 0.5) is 5.82 Å². The van der Waals surface area contributed by atoms with E-state index in [9.17, 15) is 4.79 Å². The van der Waals surface area contributed by atoms with Gasteiger partial charge in [-0.1, -0.05) is 0 Å². The van der Waals surface area contributed by atoms with Gasteiger partial charge in [0.15, 0.2) is 5.82 Å². The van der Waals surface area contributed by atoms with E-state index in [1.54, 1.807) is 41.8 Å².